The summed E-state index contributed by atoms with van der Waals surface area (Å²) in [7, 11) is 0. The van der Waals surface area contributed by atoms with Crippen molar-refractivity contribution in [2.45, 2.75) is 32.6 Å². The quantitative estimate of drug-likeness (QED) is 0.573. The van der Waals surface area contributed by atoms with E-state index in [1.54, 1.807) is 18.2 Å². The van der Waals surface area contributed by atoms with E-state index in [-0.39, 0.29) is 24.5 Å². The number of carbonyl (C=O) groups excluding carboxylic acids is 2. The molecule has 0 radical (unpaired) electrons. The summed E-state index contributed by atoms with van der Waals surface area (Å²) in [5.41, 5.74) is 2.26. The van der Waals surface area contributed by atoms with E-state index in [1.165, 1.54) is 5.56 Å². The minimum atomic E-state index is -0.468. The SMILES string of the molecule is CCc1ccc(NC(=O)COC(=O)CCCc2nc3ccccc3c(=O)[nH]2)cc1. The van der Waals surface area contributed by atoms with Crippen LogP contribution in [0.5, 0.6) is 0 Å². The number of rotatable bonds is 8. The van der Waals surface area contributed by atoms with Crippen LogP contribution < -0.4 is 10.9 Å². The Bertz CT molecular complexity index is 1060. The first-order chi connectivity index (χ1) is 14.0. The average molecular weight is 393 g/mol. The van der Waals surface area contributed by atoms with Gasteiger partial charge in [0.05, 0.1) is 10.9 Å². The maximum Gasteiger partial charge on any atom is 0.306 e. The molecular weight excluding hydrogens is 370 g/mol. The van der Waals surface area contributed by atoms with Crippen molar-refractivity contribution in [2.24, 2.45) is 0 Å². The van der Waals surface area contributed by atoms with E-state index in [9.17, 15) is 14.4 Å². The summed E-state index contributed by atoms with van der Waals surface area (Å²) in [6, 6.07) is 14.6. The molecule has 0 bridgehead atoms. The van der Waals surface area contributed by atoms with Crippen LogP contribution >= 0.6 is 0 Å². The molecule has 2 aromatic carbocycles. The molecule has 1 heterocycles. The monoisotopic (exact) mass is 393 g/mol. The van der Waals surface area contributed by atoms with Crippen LogP contribution in [0.4, 0.5) is 5.69 Å². The van der Waals surface area contributed by atoms with Gasteiger partial charge in [0.25, 0.3) is 11.5 Å². The molecular formula is C22H23N3O4. The molecule has 0 saturated carbocycles. The van der Waals surface area contributed by atoms with Crippen molar-refractivity contribution in [3.8, 4) is 0 Å². The van der Waals surface area contributed by atoms with Gasteiger partial charge in [-0.25, -0.2) is 4.98 Å². The fraction of sp³-hybridized carbons (Fsp3) is 0.273. The highest BCUT2D eigenvalue weighted by Crippen LogP contribution is 2.10. The molecule has 0 unspecified atom stereocenters. The van der Waals surface area contributed by atoms with Crippen molar-refractivity contribution >= 4 is 28.5 Å². The van der Waals surface area contributed by atoms with Crippen molar-refractivity contribution in [3.05, 3.63) is 70.3 Å². The number of H-pyrrole nitrogens is 1. The molecule has 150 valence electrons. The molecule has 1 aromatic heterocycles. The summed E-state index contributed by atoms with van der Waals surface area (Å²) in [5, 5.41) is 3.22. The number of anilines is 1. The predicted octanol–water partition coefficient (Wildman–Crippen LogP) is 2.99. The Balaban J connectivity index is 1.41. The number of amides is 1. The van der Waals surface area contributed by atoms with E-state index in [2.05, 4.69) is 22.2 Å². The van der Waals surface area contributed by atoms with Gasteiger partial charge >= 0.3 is 5.97 Å². The van der Waals surface area contributed by atoms with Crippen molar-refractivity contribution in [2.75, 3.05) is 11.9 Å². The molecule has 0 atom stereocenters. The Morgan fingerprint density at radius 3 is 2.62 bits per heavy atom. The van der Waals surface area contributed by atoms with Crippen molar-refractivity contribution in [1.29, 1.82) is 0 Å². The lowest BCUT2D eigenvalue weighted by Crippen LogP contribution is -2.21. The number of hydrogen-bond donors (Lipinski definition) is 2. The number of aromatic amines is 1. The second-order valence-electron chi connectivity index (χ2n) is 6.64. The zero-order chi connectivity index (χ0) is 20.6. The lowest BCUT2D eigenvalue weighted by Gasteiger charge is -2.07. The number of para-hydroxylation sites is 1. The Kier molecular flexibility index (Phi) is 6.73. The summed E-state index contributed by atoms with van der Waals surface area (Å²) < 4.78 is 5.01. The van der Waals surface area contributed by atoms with Gasteiger partial charge in [-0.15, -0.1) is 0 Å². The molecule has 0 fully saturated rings. The molecule has 3 aromatic rings. The number of ether oxygens (including phenoxy) is 1. The topological polar surface area (TPSA) is 101 Å². The number of nitrogens with zero attached hydrogens (tertiary/aromatic N) is 1. The third kappa shape index (κ3) is 5.75. The fourth-order valence-corrected chi connectivity index (χ4v) is 2.89. The fourth-order valence-electron chi connectivity index (χ4n) is 2.89. The van der Waals surface area contributed by atoms with Crippen molar-refractivity contribution < 1.29 is 14.3 Å². The van der Waals surface area contributed by atoms with Gasteiger partial charge in [0.2, 0.25) is 0 Å². The third-order valence-corrected chi connectivity index (χ3v) is 4.47. The van der Waals surface area contributed by atoms with E-state index in [4.69, 9.17) is 4.74 Å². The van der Waals surface area contributed by atoms with E-state index in [0.29, 0.717) is 35.3 Å². The normalized spacial score (nSPS) is 10.7. The first-order valence-corrected chi connectivity index (χ1v) is 9.57. The molecule has 0 aliphatic rings. The summed E-state index contributed by atoms with van der Waals surface area (Å²) in [6.07, 6.45) is 1.95. The molecule has 0 aliphatic carbocycles. The highest BCUT2D eigenvalue weighted by Gasteiger charge is 2.09. The van der Waals surface area contributed by atoms with Crippen molar-refractivity contribution in [3.63, 3.8) is 0 Å². The molecule has 3 rings (SSSR count). The Morgan fingerprint density at radius 2 is 1.86 bits per heavy atom. The standard InChI is InChI=1S/C22H23N3O4/c1-2-15-10-12-16(13-11-15)23-20(26)14-29-21(27)9-5-8-19-24-18-7-4-3-6-17(18)22(28)25-19/h3-4,6-7,10-13H,2,5,8-9,14H2,1H3,(H,23,26)(H,24,25,28). The van der Waals surface area contributed by atoms with E-state index in [0.717, 1.165) is 6.42 Å². The number of benzene rings is 2. The van der Waals surface area contributed by atoms with Gasteiger partial charge in [0.15, 0.2) is 6.61 Å². The minimum absolute atomic E-state index is 0.134. The summed E-state index contributed by atoms with van der Waals surface area (Å²) in [6.45, 7) is 1.72. The lowest BCUT2D eigenvalue weighted by molar-refractivity contribution is -0.147. The third-order valence-electron chi connectivity index (χ3n) is 4.47. The van der Waals surface area contributed by atoms with Gasteiger partial charge in [-0.1, -0.05) is 31.2 Å². The lowest BCUT2D eigenvalue weighted by atomic mass is 10.1. The zero-order valence-corrected chi connectivity index (χ0v) is 16.2. The number of aromatic nitrogens is 2. The summed E-state index contributed by atoms with van der Waals surface area (Å²) in [4.78, 5) is 42.9. The summed E-state index contributed by atoms with van der Waals surface area (Å²) in [5.74, 6) is -0.331. The van der Waals surface area contributed by atoms with Crippen LogP contribution in [0.3, 0.4) is 0 Å². The van der Waals surface area contributed by atoms with Gasteiger partial charge in [-0.3, -0.25) is 14.4 Å². The van der Waals surface area contributed by atoms with Gasteiger partial charge in [-0.05, 0) is 42.7 Å². The molecule has 1 amide bonds. The van der Waals surface area contributed by atoms with Gasteiger partial charge in [0.1, 0.15) is 5.82 Å². The number of hydrogen-bond acceptors (Lipinski definition) is 5. The highest BCUT2D eigenvalue weighted by molar-refractivity contribution is 5.92. The Labute approximate surface area is 168 Å². The van der Waals surface area contributed by atoms with Crippen LogP contribution in [0, 0.1) is 0 Å². The van der Waals surface area contributed by atoms with E-state index >= 15 is 0 Å². The van der Waals surface area contributed by atoms with Crippen LogP contribution in [0.1, 0.15) is 31.2 Å². The molecule has 7 heteroatoms. The maximum absolute atomic E-state index is 12.0. The van der Waals surface area contributed by atoms with Crippen LogP contribution in [0.15, 0.2) is 53.3 Å². The number of nitrogens with one attached hydrogen (secondary N) is 2. The zero-order valence-electron chi connectivity index (χ0n) is 16.2. The Morgan fingerprint density at radius 1 is 1.10 bits per heavy atom. The van der Waals surface area contributed by atoms with Gasteiger partial charge in [-0.2, -0.15) is 0 Å². The van der Waals surface area contributed by atoms with Crippen LogP contribution in [-0.4, -0.2) is 28.5 Å². The molecule has 2 N–H and O–H groups in total. The number of esters is 1. The maximum atomic E-state index is 12.0. The molecule has 0 spiro atoms. The molecule has 29 heavy (non-hydrogen) atoms. The van der Waals surface area contributed by atoms with Crippen LogP contribution in [-0.2, 0) is 27.2 Å². The minimum Gasteiger partial charge on any atom is -0.456 e. The van der Waals surface area contributed by atoms with Crippen LogP contribution in [0.25, 0.3) is 10.9 Å². The van der Waals surface area contributed by atoms with E-state index < -0.39 is 5.97 Å². The number of fused-ring (bicyclic) bond motifs is 1. The Hall–Kier alpha value is -3.48. The van der Waals surface area contributed by atoms with Gasteiger partial charge < -0.3 is 15.0 Å². The first kappa shape index (κ1) is 20.3. The number of carbonyl (C=O) groups is 2. The van der Waals surface area contributed by atoms with E-state index in [1.807, 2.05) is 30.3 Å². The van der Waals surface area contributed by atoms with Crippen molar-refractivity contribution in [1.82, 2.24) is 9.97 Å². The highest BCUT2D eigenvalue weighted by atomic mass is 16.5. The second-order valence-corrected chi connectivity index (χ2v) is 6.64. The molecule has 0 aliphatic heterocycles. The predicted molar refractivity (Wildman–Crippen MR) is 111 cm³/mol. The summed E-state index contributed by atoms with van der Waals surface area (Å²) >= 11 is 0. The smallest absolute Gasteiger partial charge is 0.306 e. The second kappa shape index (κ2) is 9.64. The van der Waals surface area contributed by atoms with Crippen LogP contribution in [0.2, 0.25) is 0 Å². The molecule has 7 nitrogen and oxygen atoms in total. The number of aryl methyl sites for hydroxylation is 2. The average Bonchev–Trinajstić information content (AvgIpc) is 2.73. The largest absolute Gasteiger partial charge is 0.456 e. The molecule has 0 saturated heterocycles. The first-order valence-electron chi connectivity index (χ1n) is 9.57. The van der Waals surface area contributed by atoms with Gasteiger partial charge in [0, 0.05) is 18.5 Å².